The molecular weight excluding hydrogens is 310 g/mol. The first-order valence-corrected chi connectivity index (χ1v) is 7.93. The van der Waals surface area contributed by atoms with Crippen LogP contribution in [0.3, 0.4) is 0 Å². The maximum absolute atomic E-state index is 12.2. The quantitative estimate of drug-likeness (QED) is 0.804. The van der Waals surface area contributed by atoms with E-state index in [1.165, 1.54) is 4.90 Å². The van der Waals surface area contributed by atoms with Gasteiger partial charge in [-0.15, -0.1) is 0 Å². The van der Waals surface area contributed by atoms with Gasteiger partial charge in [-0.2, -0.15) is 0 Å². The molecule has 2 rings (SSSR count). The third-order valence-electron chi connectivity index (χ3n) is 4.10. The van der Waals surface area contributed by atoms with E-state index in [4.69, 9.17) is 10.5 Å². The van der Waals surface area contributed by atoms with E-state index in [2.05, 4.69) is 0 Å². The minimum Gasteiger partial charge on any atom is -0.452 e. The molecule has 1 heterocycles. The fraction of sp³-hybridized carbons (Fsp3) is 0.471. The molecule has 1 atom stereocenters. The largest absolute Gasteiger partial charge is 0.452 e. The second-order valence-electron chi connectivity index (χ2n) is 6.02. The van der Waals surface area contributed by atoms with Crippen molar-refractivity contribution in [3.8, 4) is 0 Å². The SMILES string of the molecule is CN(C)c1ccc(C(=O)OCC(=O)N2CCCC[C@@H]2C(N)=O)cc1. The molecule has 7 nitrogen and oxygen atoms in total. The van der Waals surface area contributed by atoms with Crippen molar-refractivity contribution in [3.63, 3.8) is 0 Å². The van der Waals surface area contributed by atoms with Gasteiger partial charge in [0.05, 0.1) is 5.56 Å². The fourth-order valence-corrected chi connectivity index (χ4v) is 2.72. The van der Waals surface area contributed by atoms with Gasteiger partial charge in [-0.3, -0.25) is 9.59 Å². The number of esters is 1. The highest BCUT2D eigenvalue weighted by Gasteiger charge is 2.31. The summed E-state index contributed by atoms with van der Waals surface area (Å²) in [5.74, 6) is -1.48. The molecule has 1 aromatic rings. The molecule has 24 heavy (non-hydrogen) atoms. The molecule has 130 valence electrons. The van der Waals surface area contributed by atoms with E-state index < -0.39 is 30.4 Å². The van der Waals surface area contributed by atoms with Crippen LogP contribution in [0, 0.1) is 0 Å². The minimum atomic E-state index is -0.607. The summed E-state index contributed by atoms with van der Waals surface area (Å²) >= 11 is 0. The van der Waals surface area contributed by atoms with Crippen molar-refractivity contribution in [1.29, 1.82) is 0 Å². The number of carbonyl (C=O) groups is 3. The zero-order chi connectivity index (χ0) is 17.7. The Morgan fingerprint density at radius 3 is 2.46 bits per heavy atom. The maximum Gasteiger partial charge on any atom is 0.338 e. The molecule has 0 saturated carbocycles. The zero-order valence-corrected chi connectivity index (χ0v) is 14.0. The van der Waals surface area contributed by atoms with Crippen molar-refractivity contribution in [1.82, 2.24) is 4.90 Å². The number of amides is 2. The highest BCUT2D eigenvalue weighted by Crippen LogP contribution is 2.17. The van der Waals surface area contributed by atoms with Gasteiger partial charge in [0.1, 0.15) is 6.04 Å². The van der Waals surface area contributed by atoms with Crippen molar-refractivity contribution in [2.24, 2.45) is 5.73 Å². The molecule has 0 spiro atoms. The monoisotopic (exact) mass is 333 g/mol. The third-order valence-corrected chi connectivity index (χ3v) is 4.10. The van der Waals surface area contributed by atoms with E-state index in [-0.39, 0.29) is 0 Å². The van der Waals surface area contributed by atoms with Gasteiger partial charge in [0.2, 0.25) is 5.91 Å². The number of hydrogen-bond donors (Lipinski definition) is 1. The highest BCUT2D eigenvalue weighted by atomic mass is 16.5. The van der Waals surface area contributed by atoms with Crippen LogP contribution in [0.5, 0.6) is 0 Å². The molecule has 2 N–H and O–H groups in total. The summed E-state index contributed by atoms with van der Waals surface area (Å²) in [4.78, 5) is 39.0. The van der Waals surface area contributed by atoms with E-state index >= 15 is 0 Å². The van der Waals surface area contributed by atoms with Crippen molar-refractivity contribution in [2.45, 2.75) is 25.3 Å². The van der Waals surface area contributed by atoms with E-state index in [0.29, 0.717) is 18.5 Å². The smallest absolute Gasteiger partial charge is 0.338 e. The van der Waals surface area contributed by atoms with Crippen molar-refractivity contribution in [3.05, 3.63) is 29.8 Å². The molecule has 2 amide bonds. The molecule has 1 aliphatic heterocycles. The molecule has 1 saturated heterocycles. The Balaban J connectivity index is 1.92. The number of primary amides is 1. The van der Waals surface area contributed by atoms with Crippen molar-refractivity contribution < 1.29 is 19.1 Å². The fourth-order valence-electron chi connectivity index (χ4n) is 2.72. The summed E-state index contributed by atoms with van der Waals surface area (Å²) in [5.41, 5.74) is 6.67. The maximum atomic E-state index is 12.2. The Bertz CT molecular complexity index is 613. The summed E-state index contributed by atoms with van der Waals surface area (Å²) < 4.78 is 5.08. The average Bonchev–Trinajstić information content (AvgIpc) is 2.59. The standard InChI is InChI=1S/C17H23N3O4/c1-19(2)13-8-6-12(7-9-13)17(23)24-11-15(21)20-10-4-3-5-14(20)16(18)22/h6-9,14H,3-5,10-11H2,1-2H3,(H2,18,22)/t14-/m1/s1. The number of piperidine rings is 1. The number of anilines is 1. The third kappa shape index (κ3) is 4.24. The number of rotatable bonds is 5. The lowest BCUT2D eigenvalue weighted by atomic mass is 10.0. The summed E-state index contributed by atoms with van der Waals surface area (Å²) in [6.45, 7) is 0.0690. The highest BCUT2D eigenvalue weighted by molar-refractivity contribution is 5.92. The Hall–Kier alpha value is -2.57. The Kier molecular flexibility index (Phi) is 5.78. The van der Waals surface area contributed by atoms with Gasteiger partial charge in [-0.05, 0) is 43.5 Å². The Labute approximate surface area is 141 Å². The van der Waals surface area contributed by atoms with Gasteiger partial charge < -0.3 is 20.3 Å². The van der Waals surface area contributed by atoms with Crippen LogP contribution in [0.4, 0.5) is 5.69 Å². The van der Waals surface area contributed by atoms with Gasteiger partial charge >= 0.3 is 5.97 Å². The summed E-state index contributed by atoms with van der Waals surface area (Å²) in [5, 5.41) is 0. The summed E-state index contributed by atoms with van der Waals surface area (Å²) in [6, 6.07) is 6.28. The number of ether oxygens (including phenoxy) is 1. The lowest BCUT2D eigenvalue weighted by Gasteiger charge is -2.33. The summed E-state index contributed by atoms with van der Waals surface area (Å²) in [7, 11) is 3.81. The van der Waals surface area contributed by atoms with Crippen LogP contribution in [0.15, 0.2) is 24.3 Å². The van der Waals surface area contributed by atoms with Crippen LogP contribution in [0.25, 0.3) is 0 Å². The van der Waals surface area contributed by atoms with Gasteiger partial charge in [-0.25, -0.2) is 4.79 Å². The van der Waals surface area contributed by atoms with Gasteiger partial charge in [-0.1, -0.05) is 0 Å². The van der Waals surface area contributed by atoms with E-state index in [1.807, 2.05) is 19.0 Å². The number of likely N-dealkylation sites (tertiary alicyclic amines) is 1. The second kappa shape index (κ2) is 7.81. The molecule has 0 bridgehead atoms. The zero-order valence-electron chi connectivity index (χ0n) is 14.0. The normalized spacial score (nSPS) is 17.2. The molecule has 1 fully saturated rings. The van der Waals surface area contributed by atoms with Crippen molar-refractivity contribution in [2.75, 3.05) is 32.1 Å². The average molecular weight is 333 g/mol. The topological polar surface area (TPSA) is 92.9 Å². The molecule has 0 radical (unpaired) electrons. The predicted molar refractivity (Wildman–Crippen MR) is 89.6 cm³/mol. The van der Waals surface area contributed by atoms with Gasteiger partial charge in [0, 0.05) is 26.3 Å². The Morgan fingerprint density at radius 2 is 1.88 bits per heavy atom. The molecule has 0 aliphatic carbocycles. The minimum absolute atomic E-state index is 0.374. The molecule has 0 aromatic heterocycles. The molecule has 0 unspecified atom stereocenters. The summed E-state index contributed by atoms with van der Waals surface area (Å²) in [6.07, 6.45) is 2.23. The molecule has 1 aromatic carbocycles. The number of nitrogens with zero attached hydrogens (tertiary/aromatic N) is 2. The first-order valence-electron chi connectivity index (χ1n) is 7.93. The van der Waals surface area contributed by atoms with Crippen LogP contribution < -0.4 is 10.6 Å². The number of hydrogen-bond acceptors (Lipinski definition) is 5. The lowest BCUT2D eigenvalue weighted by molar-refractivity contribution is -0.143. The molecular formula is C17H23N3O4. The van der Waals surface area contributed by atoms with Crippen LogP contribution in [0.1, 0.15) is 29.6 Å². The Morgan fingerprint density at radius 1 is 1.21 bits per heavy atom. The van der Waals surface area contributed by atoms with Gasteiger partial charge in [0.25, 0.3) is 5.91 Å². The first-order chi connectivity index (χ1) is 11.4. The van der Waals surface area contributed by atoms with Gasteiger partial charge in [0.15, 0.2) is 6.61 Å². The first kappa shape index (κ1) is 17.8. The predicted octanol–water partition coefficient (Wildman–Crippen LogP) is 0.776. The molecule has 7 heteroatoms. The van der Waals surface area contributed by atoms with E-state index in [9.17, 15) is 14.4 Å². The van der Waals surface area contributed by atoms with Crippen LogP contribution in [-0.4, -0.2) is 56.0 Å². The van der Waals surface area contributed by atoms with Crippen molar-refractivity contribution >= 4 is 23.5 Å². The van der Waals surface area contributed by atoms with Crippen LogP contribution >= 0.6 is 0 Å². The lowest BCUT2D eigenvalue weighted by Crippen LogP contribution is -2.51. The second-order valence-corrected chi connectivity index (χ2v) is 6.02. The number of carbonyl (C=O) groups excluding carboxylic acids is 3. The number of nitrogens with two attached hydrogens (primary N) is 1. The van der Waals surface area contributed by atoms with Crippen LogP contribution in [-0.2, 0) is 14.3 Å². The van der Waals surface area contributed by atoms with E-state index in [1.54, 1.807) is 24.3 Å². The molecule has 1 aliphatic rings. The van der Waals surface area contributed by atoms with E-state index in [0.717, 1.165) is 18.5 Å². The number of benzene rings is 1. The van der Waals surface area contributed by atoms with Crippen LogP contribution in [0.2, 0.25) is 0 Å².